The molecule has 4 heteroatoms. The zero-order valence-corrected chi connectivity index (χ0v) is 9.54. The maximum absolute atomic E-state index is 9.03. The monoisotopic (exact) mass is 224 g/mol. The highest BCUT2D eigenvalue weighted by molar-refractivity contribution is 7.99. The topological polar surface area (TPSA) is 36.4 Å². The second-order valence-electron chi connectivity index (χ2n) is 3.60. The minimum absolute atomic E-state index is 0.0242. The quantitative estimate of drug-likeness (QED) is 0.826. The van der Waals surface area contributed by atoms with E-state index < -0.39 is 0 Å². The van der Waals surface area contributed by atoms with Gasteiger partial charge in [-0.15, -0.1) is 0 Å². The highest BCUT2D eigenvalue weighted by Gasteiger charge is 2.10. The second kappa shape index (κ2) is 5.37. The van der Waals surface area contributed by atoms with Crippen LogP contribution in [-0.2, 0) is 6.61 Å². The molecule has 1 N–H and O–H groups in total. The van der Waals surface area contributed by atoms with Gasteiger partial charge in [-0.2, -0.15) is 11.8 Å². The highest BCUT2D eigenvalue weighted by Crippen LogP contribution is 2.17. The summed E-state index contributed by atoms with van der Waals surface area (Å²) in [6.45, 7) is 2.16. The summed E-state index contributed by atoms with van der Waals surface area (Å²) in [5, 5.41) is 9.03. The van der Waals surface area contributed by atoms with Crippen LogP contribution < -0.4 is 4.90 Å². The van der Waals surface area contributed by atoms with Crippen LogP contribution in [0.1, 0.15) is 12.1 Å². The largest absolute Gasteiger partial charge is 0.390 e. The smallest absolute Gasteiger partial charge is 0.128 e. The van der Waals surface area contributed by atoms with Gasteiger partial charge in [0.15, 0.2) is 0 Å². The Morgan fingerprint density at radius 3 is 3.13 bits per heavy atom. The van der Waals surface area contributed by atoms with Gasteiger partial charge in [0.1, 0.15) is 5.82 Å². The number of aliphatic hydroxyl groups is 1. The molecule has 0 amide bonds. The third-order valence-corrected chi connectivity index (χ3v) is 3.55. The third-order valence-electron chi connectivity index (χ3n) is 2.50. The van der Waals surface area contributed by atoms with E-state index in [1.54, 1.807) is 0 Å². The first-order valence-corrected chi connectivity index (χ1v) is 6.45. The molecule has 0 radical (unpaired) electrons. The van der Waals surface area contributed by atoms with E-state index >= 15 is 0 Å². The van der Waals surface area contributed by atoms with E-state index in [0.717, 1.165) is 24.6 Å². The summed E-state index contributed by atoms with van der Waals surface area (Å²) in [6.07, 6.45) is 1.22. The molecule has 0 unspecified atom stereocenters. The lowest BCUT2D eigenvalue weighted by Gasteiger charge is -2.21. The fourth-order valence-electron chi connectivity index (χ4n) is 1.71. The molecule has 15 heavy (non-hydrogen) atoms. The molecule has 1 fully saturated rings. The van der Waals surface area contributed by atoms with E-state index in [9.17, 15) is 0 Å². The van der Waals surface area contributed by atoms with Crippen molar-refractivity contribution in [2.24, 2.45) is 0 Å². The molecule has 0 saturated carbocycles. The van der Waals surface area contributed by atoms with Gasteiger partial charge in [0, 0.05) is 18.8 Å². The first-order valence-electron chi connectivity index (χ1n) is 5.29. The first kappa shape index (κ1) is 10.8. The van der Waals surface area contributed by atoms with Gasteiger partial charge < -0.3 is 10.0 Å². The van der Waals surface area contributed by atoms with E-state index in [0.29, 0.717) is 0 Å². The Hall–Kier alpha value is -0.740. The van der Waals surface area contributed by atoms with Crippen molar-refractivity contribution in [3.05, 3.63) is 23.9 Å². The lowest BCUT2D eigenvalue weighted by Crippen LogP contribution is -2.26. The summed E-state index contributed by atoms with van der Waals surface area (Å²) >= 11 is 2.01. The molecular weight excluding hydrogens is 208 g/mol. The van der Waals surface area contributed by atoms with E-state index in [-0.39, 0.29) is 6.61 Å². The summed E-state index contributed by atoms with van der Waals surface area (Å²) in [5.41, 5.74) is 0.754. The second-order valence-corrected chi connectivity index (χ2v) is 4.82. The molecule has 2 heterocycles. The highest BCUT2D eigenvalue weighted by atomic mass is 32.2. The normalized spacial score (nSPS) is 17.5. The van der Waals surface area contributed by atoms with Gasteiger partial charge >= 0.3 is 0 Å². The Balaban J connectivity index is 2.12. The van der Waals surface area contributed by atoms with Gasteiger partial charge in [-0.1, -0.05) is 6.07 Å². The van der Waals surface area contributed by atoms with Crippen molar-refractivity contribution < 1.29 is 5.11 Å². The number of hydrogen-bond acceptors (Lipinski definition) is 4. The van der Waals surface area contributed by atoms with Gasteiger partial charge in [0.05, 0.1) is 12.3 Å². The van der Waals surface area contributed by atoms with Crippen LogP contribution in [0.3, 0.4) is 0 Å². The Bertz CT molecular complexity index is 311. The van der Waals surface area contributed by atoms with Gasteiger partial charge in [-0.25, -0.2) is 4.98 Å². The van der Waals surface area contributed by atoms with Crippen molar-refractivity contribution in [1.82, 2.24) is 4.98 Å². The molecule has 1 aromatic heterocycles. The summed E-state index contributed by atoms with van der Waals surface area (Å²) in [6, 6.07) is 5.84. The summed E-state index contributed by atoms with van der Waals surface area (Å²) in [4.78, 5) is 6.73. The molecule has 1 aliphatic rings. The Labute approximate surface area is 94.5 Å². The van der Waals surface area contributed by atoms with Crippen molar-refractivity contribution in [3.8, 4) is 0 Å². The van der Waals surface area contributed by atoms with E-state index in [4.69, 9.17) is 5.11 Å². The lowest BCUT2D eigenvalue weighted by atomic mass is 10.3. The molecule has 0 spiro atoms. The predicted octanol–water partition coefficient (Wildman–Crippen LogP) is 1.52. The Kier molecular flexibility index (Phi) is 3.86. The third kappa shape index (κ3) is 2.86. The van der Waals surface area contributed by atoms with Gasteiger partial charge in [-0.3, -0.25) is 0 Å². The van der Waals surface area contributed by atoms with E-state index in [1.165, 1.54) is 17.9 Å². The molecule has 82 valence electrons. The summed E-state index contributed by atoms with van der Waals surface area (Å²) in [7, 11) is 0. The van der Waals surface area contributed by atoms with Crippen molar-refractivity contribution in [3.63, 3.8) is 0 Å². The van der Waals surface area contributed by atoms with Crippen LogP contribution in [0.4, 0.5) is 5.82 Å². The Morgan fingerprint density at radius 1 is 1.33 bits per heavy atom. The average Bonchev–Trinajstić information content (AvgIpc) is 2.58. The number of aliphatic hydroxyl groups excluding tert-OH is 1. The van der Waals surface area contributed by atoms with Crippen LogP contribution in [0.5, 0.6) is 0 Å². The van der Waals surface area contributed by atoms with Crippen LogP contribution in [0.15, 0.2) is 18.2 Å². The number of nitrogens with zero attached hydrogens (tertiary/aromatic N) is 2. The number of aromatic nitrogens is 1. The van der Waals surface area contributed by atoms with Gasteiger partial charge in [-0.05, 0) is 24.3 Å². The van der Waals surface area contributed by atoms with Crippen molar-refractivity contribution in [2.75, 3.05) is 29.5 Å². The zero-order valence-electron chi connectivity index (χ0n) is 8.72. The summed E-state index contributed by atoms with van der Waals surface area (Å²) in [5.74, 6) is 3.42. The van der Waals surface area contributed by atoms with Crippen LogP contribution in [0.2, 0.25) is 0 Å². The molecule has 0 aromatic carbocycles. The maximum atomic E-state index is 9.03. The minimum atomic E-state index is 0.0242. The molecule has 3 nitrogen and oxygen atoms in total. The van der Waals surface area contributed by atoms with Crippen LogP contribution in [-0.4, -0.2) is 34.7 Å². The van der Waals surface area contributed by atoms with Gasteiger partial charge in [0.25, 0.3) is 0 Å². The molecular formula is C11H16N2OS. The van der Waals surface area contributed by atoms with Crippen LogP contribution in [0, 0.1) is 0 Å². The lowest BCUT2D eigenvalue weighted by molar-refractivity contribution is 0.277. The number of anilines is 1. The van der Waals surface area contributed by atoms with Gasteiger partial charge in [0.2, 0.25) is 0 Å². The Morgan fingerprint density at radius 2 is 2.27 bits per heavy atom. The van der Waals surface area contributed by atoms with E-state index in [2.05, 4.69) is 9.88 Å². The number of pyridine rings is 1. The molecule has 0 bridgehead atoms. The molecule has 0 aliphatic carbocycles. The maximum Gasteiger partial charge on any atom is 0.128 e. The van der Waals surface area contributed by atoms with Crippen molar-refractivity contribution in [1.29, 1.82) is 0 Å². The standard InChI is InChI=1S/C11H16N2OS/c14-9-10-3-1-4-11(12-10)13-5-2-7-15-8-6-13/h1,3-4,14H,2,5-9H2. The molecule has 1 saturated heterocycles. The molecule has 0 atom stereocenters. The van der Waals surface area contributed by atoms with Crippen LogP contribution in [0.25, 0.3) is 0 Å². The predicted molar refractivity (Wildman–Crippen MR) is 64.3 cm³/mol. The van der Waals surface area contributed by atoms with Crippen LogP contribution >= 0.6 is 11.8 Å². The summed E-state index contributed by atoms with van der Waals surface area (Å²) < 4.78 is 0. The first-order chi connectivity index (χ1) is 7.40. The van der Waals surface area contributed by atoms with Crippen molar-refractivity contribution >= 4 is 17.6 Å². The number of hydrogen-bond donors (Lipinski definition) is 1. The molecule has 1 aliphatic heterocycles. The van der Waals surface area contributed by atoms with E-state index in [1.807, 2.05) is 30.0 Å². The fourth-order valence-corrected chi connectivity index (χ4v) is 2.59. The molecule has 2 rings (SSSR count). The molecule has 1 aromatic rings. The van der Waals surface area contributed by atoms with Crippen molar-refractivity contribution in [2.45, 2.75) is 13.0 Å². The average molecular weight is 224 g/mol. The number of thioether (sulfide) groups is 1. The number of rotatable bonds is 2. The zero-order chi connectivity index (χ0) is 10.5. The minimum Gasteiger partial charge on any atom is -0.390 e. The fraction of sp³-hybridized carbons (Fsp3) is 0.545. The SMILES string of the molecule is OCc1cccc(N2CCCSCC2)n1.